The van der Waals surface area contributed by atoms with Crippen LogP contribution in [-0.4, -0.2) is 4.98 Å². The van der Waals surface area contributed by atoms with E-state index in [4.69, 9.17) is 5.73 Å². The van der Waals surface area contributed by atoms with Crippen LogP contribution >= 0.6 is 15.9 Å². The molecule has 0 aliphatic carbocycles. The molecule has 0 aliphatic heterocycles. The van der Waals surface area contributed by atoms with E-state index in [1.54, 1.807) is 0 Å². The van der Waals surface area contributed by atoms with Crippen LogP contribution in [0.3, 0.4) is 0 Å². The van der Waals surface area contributed by atoms with Gasteiger partial charge in [0.1, 0.15) is 0 Å². The molecule has 0 saturated heterocycles. The summed E-state index contributed by atoms with van der Waals surface area (Å²) in [6.07, 6.45) is 1.81. The van der Waals surface area contributed by atoms with Gasteiger partial charge in [0.05, 0.1) is 11.6 Å². The number of pyridine rings is 1. The molecule has 1 unspecified atom stereocenters. The molecule has 100 valence electrons. The number of fused-ring (bicyclic) bond motifs is 1. The second-order valence-electron chi connectivity index (χ2n) is 4.90. The second-order valence-corrected chi connectivity index (χ2v) is 5.81. The fourth-order valence-electron chi connectivity index (χ4n) is 2.51. The highest BCUT2D eigenvalue weighted by Gasteiger charge is 2.14. The van der Waals surface area contributed by atoms with Crippen LogP contribution in [-0.2, 0) is 0 Å². The second kappa shape index (κ2) is 5.35. The van der Waals surface area contributed by atoms with Crippen molar-refractivity contribution in [1.29, 1.82) is 0 Å². The van der Waals surface area contributed by atoms with Crippen molar-refractivity contribution in [3.8, 4) is 0 Å². The summed E-state index contributed by atoms with van der Waals surface area (Å²) in [4.78, 5) is 4.39. The number of rotatable bonds is 2. The fraction of sp³-hybridized carbons (Fsp3) is 0.118. The predicted molar refractivity (Wildman–Crippen MR) is 86.7 cm³/mol. The van der Waals surface area contributed by atoms with E-state index in [-0.39, 0.29) is 6.04 Å². The summed E-state index contributed by atoms with van der Waals surface area (Å²) in [7, 11) is 0. The van der Waals surface area contributed by atoms with Crippen LogP contribution in [0.5, 0.6) is 0 Å². The highest BCUT2D eigenvalue weighted by atomic mass is 79.9. The molecule has 2 aromatic carbocycles. The maximum atomic E-state index is 6.50. The van der Waals surface area contributed by atoms with E-state index in [0.29, 0.717) is 0 Å². The number of aryl methyl sites for hydroxylation is 1. The lowest BCUT2D eigenvalue weighted by atomic mass is 9.93. The summed E-state index contributed by atoms with van der Waals surface area (Å²) in [6, 6.07) is 16.2. The number of nitrogens with zero attached hydrogens (tertiary/aromatic N) is 1. The topological polar surface area (TPSA) is 38.9 Å². The van der Waals surface area contributed by atoms with E-state index in [0.717, 1.165) is 26.5 Å². The molecule has 0 spiro atoms. The number of halogens is 1. The molecule has 2 N–H and O–H groups in total. The van der Waals surface area contributed by atoms with Crippen molar-refractivity contribution < 1.29 is 0 Å². The Bertz CT molecular complexity index is 763. The van der Waals surface area contributed by atoms with Crippen molar-refractivity contribution in [2.75, 3.05) is 0 Å². The molecule has 0 fully saturated rings. The van der Waals surface area contributed by atoms with Crippen LogP contribution < -0.4 is 5.73 Å². The Hall–Kier alpha value is -1.71. The SMILES string of the molecule is Cc1ccc(Br)cc1C(N)c1cccc2ncccc12. The summed E-state index contributed by atoms with van der Waals surface area (Å²) in [5, 5.41) is 1.11. The zero-order valence-corrected chi connectivity index (χ0v) is 12.8. The van der Waals surface area contributed by atoms with Gasteiger partial charge in [0, 0.05) is 16.1 Å². The zero-order valence-electron chi connectivity index (χ0n) is 11.2. The van der Waals surface area contributed by atoms with Gasteiger partial charge in [-0.25, -0.2) is 0 Å². The number of aromatic nitrogens is 1. The first-order chi connectivity index (χ1) is 9.66. The molecule has 2 nitrogen and oxygen atoms in total. The van der Waals surface area contributed by atoms with E-state index < -0.39 is 0 Å². The Labute approximate surface area is 126 Å². The van der Waals surface area contributed by atoms with Gasteiger partial charge in [-0.3, -0.25) is 4.98 Å². The minimum atomic E-state index is -0.152. The third-order valence-corrected chi connectivity index (χ3v) is 4.08. The summed E-state index contributed by atoms with van der Waals surface area (Å²) < 4.78 is 1.05. The van der Waals surface area contributed by atoms with Crippen LogP contribution in [0.1, 0.15) is 22.7 Å². The van der Waals surface area contributed by atoms with Gasteiger partial charge in [-0.1, -0.05) is 40.2 Å². The smallest absolute Gasteiger partial charge is 0.0705 e. The summed E-state index contributed by atoms with van der Waals surface area (Å²) in [6.45, 7) is 2.09. The molecular formula is C17H15BrN2. The molecule has 1 atom stereocenters. The standard InChI is InChI=1S/C17H15BrN2/c1-11-7-8-12(18)10-15(11)17(19)14-4-2-6-16-13(14)5-3-9-20-16/h2-10,17H,19H2,1H3. The quantitative estimate of drug-likeness (QED) is 0.760. The molecule has 3 heteroatoms. The van der Waals surface area contributed by atoms with Crippen molar-refractivity contribution in [1.82, 2.24) is 4.98 Å². The fourth-order valence-corrected chi connectivity index (χ4v) is 2.89. The van der Waals surface area contributed by atoms with E-state index in [2.05, 4.69) is 52.1 Å². The van der Waals surface area contributed by atoms with E-state index in [1.165, 1.54) is 5.56 Å². The lowest BCUT2D eigenvalue weighted by molar-refractivity contribution is 0.869. The van der Waals surface area contributed by atoms with Gasteiger partial charge in [-0.05, 0) is 47.9 Å². The van der Waals surface area contributed by atoms with Crippen molar-refractivity contribution in [3.63, 3.8) is 0 Å². The monoisotopic (exact) mass is 326 g/mol. The van der Waals surface area contributed by atoms with E-state index in [9.17, 15) is 0 Å². The molecule has 1 aromatic heterocycles. The Kier molecular flexibility index (Phi) is 3.55. The van der Waals surface area contributed by atoms with E-state index >= 15 is 0 Å². The van der Waals surface area contributed by atoms with Gasteiger partial charge in [0.25, 0.3) is 0 Å². The van der Waals surface area contributed by atoms with Gasteiger partial charge in [-0.15, -0.1) is 0 Å². The van der Waals surface area contributed by atoms with Crippen molar-refractivity contribution in [2.45, 2.75) is 13.0 Å². The largest absolute Gasteiger partial charge is 0.320 e. The molecule has 1 heterocycles. The summed E-state index contributed by atoms with van der Waals surface area (Å²) in [5.74, 6) is 0. The molecular weight excluding hydrogens is 312 g/mol. The number of nitrogens with two attached hydrogens (primary N) is 1. The molecule has 3 aromatic rings. The molecule has 20 heavy (non-hydrogen) atoms. The lowest BCUT2D eigenvalue weighted by Gasteiger charge is -2.17. The molecule has 0 aliphatic rings. The van der Waals surface area contributed by atoms with E-state index in [1.807, 2.05) is 30.5 Å². The Balaban J connectivity index is 2.17. The number of benzene rings is 2. The first-order valence-corrected chi connectivity index (χ1v) is 7.31. The zero-order chi connectivity index (χ0) is 14.1. The van der Waals surface area contributed by atoms with Crippen LogP contribution in [0, 0.1) is 6.92 Å². The van der Waals surface area contributed by atoms with Gasteiger partial charge in [0.2, 0.25) is 0 Å². The number of hydrogen-bond donors (Lipinski definition) is 1. The average molecular weight is 327 g/mol. The van der Waals surface area contributed by atoms with Crippen molar-refractivity contribution in [2.24, 2.45) is 5.73 Å². The highest BCUT2D eigenvalue weighted by Crippen LogP contribution is 2.29. The van der Waals surface area contributed by atoms with Crippen molar-refractivity contribution >= 4 is 26.8 Å². The van der Waals surface area contributed by atoms with Crippen LogP contribution in [0.2, 0.25) is 0 Å². The molecule has 3 rings (SSSR count). The maximum Gasteiger partial charge on any atom is 0.0705 e. The molecule has 0 radical (unpaired) electrons. The summed E-state index contributed by atoms with van der Waals surface area (Å²) >= 11 is 3.52. The maximum absolute atomic E-state index is 6.50. The third kappa shape index (κ3) is 2.35. The molecule has 0 bridgehead atoms. The summed E-state index contributed by atoms with van der Waals surface area (Å²) in [5.41, 5.74) is 10.9. The first-order valence-electron chi connectivity index (χ1n) is 6.52. The highest BCUT2D eigenvalue weighted by molar-refractivity contribution is 9.10. The van der Waals surface area contributed by atoms with Crippen LogP contribution in [0.25, 0.3) is 10.9 Å². The normalized spacial score (nSPS) is 12.6. The van der Waals surface area contributed by atoms with Gasteiger partial charge < -0.3 is 5.73 Å². The van der Waals surface area contributed by atoms with Crippen LogP contribution in [0.4, 0.5) is 0 Å². The van der Waals surface area contributed by atoms with Gasteiger partial charge in [0.15, 0.2) is 0 Å². The predicted octanol–water partition coefficient (Wildman–Crippen LogP) is 4.35. The molecule has 0 saturated carbocycles. The Morgan fingerprint density at radius 3 is 2.75 bits per heavy atom. The number of hydrogen-bond acceptors (Lipinski definition) is 2. The Morgan fingerprint density at radius 1 is 1.05 bits per heavy atom. The minimum absolute atomic E-state index is 0.152. The van der Waals surface area contributed by atoms with Gasteiger partial charge in [-0.2, -0.15) is 0 Å². The van der Waals surface area contributed by atoms with Gasteiger partial charge >= 0.3 is 0 Å². The first kappa shape index (κ1) is 13.3. The lowest BCUT2D eigenvalue weighted by Crippen LogP contribution is -2.13. The van der Waals surface area contributed by atoms with Crippen LogP contribution in [0.15, 0.2) is 59.2 Å². The molecule has 0 amide bonds. The third-order valence-electron chi connectivity index (χ3n) is 3.59. The average Bonchev–Trinajstić information content (AvgIpc) is 2.48. The Morgan fingerprint density at radius 2 is 1.90 bits per heavy atom. The van der Waals surface area contributed by atoms with Crippen molar-refractivity contribution in [3.05, 3.63) is 75.9 Å². The minimum Gasteiger partial charge on any atom is -0.320 e.